The molecule has 1 heterocycles. The van der Waals surface area contributed by atoms with Gasteiger partial charge in [-0.3, -0.25) is 0 Å². The first-order valence-corrected chi connectivity index (χ1v) is 7.12. The van der Waals surface area contributed by atoms with Gasteiger partial charge in [-0.2, -0.15) is 0 Å². The number of nitrogens with one attached hydrogen (secondary N) is 1. The van der Waals surface area contributed by atoms with E-state index in [0.717, 1.165) is 42.8 Å². The van der Waals surface area contributed by atoms with E-state index in [1.165, 1.54) is 11.1 Å². The zero-order valence-electron chi connectivity index (χ0n) is 10.9. The van der Waals surface area contributed by atoms with Crippen molar-refractivity contribution in [2.45, 2.75) is 38.8 Å². The molecule has 0 aromatic heterocycles. The molecule has 2 N–H and O–H groups in total. The maximum absolute atomic E-state index is 9.64. The van der Waals surface area contributed by atoms with Gasteiger partial charge in [0.15, 0.2) is 0 Å². The third-order valence-electron chi connectivity index (χ3n) is 3.05. The normalized spacial score (nSPS) is 14.4. The van der Waals surface area contributed by atoms with Crippen molar-refractivity contribution >= 4 is 15.9 Å². The summed E-state index contributed by atoms with van der Waals surface area (Å²) in [5.74, 6) is 1.04. The van der Waals surface area contributed by atoms with E-state index in [-0.39, 0.29) is 0 Å². The minimum absolute atomic E-state index is 0.608. The molecule has 1 aliphatic rings. The molecule has 0 spiro atoms. The van der Waals surface area contributed by atoms with Gasteiger partial charge in [-0.15, -0.1) is 0 Å². The average molecular weight is 314 g/mol. The van der Waals surface area contributed by atoms with Gasteiger partial charge in [0.2, 0.25) is 0 Å². The van der Waals surface area contributed by atoms with Gasteiger partial charge in [0.25, 0.3) is 0 Å². The second-order valence-corrected chi connectivity index (χ2v) is 6.31. The van der Waals surface area contributed by atoms with Crippen molar-refractivity contribution < 1.29 is 9.84 Å². The van der Waals surface area contributed by atoms with Gasteiger partial charge < -0.3 is 15.2 Å². The van der Waals surface area contributed by atoms with Gasteiger partial charge in [-0.05, 0) is 44.5 Å². The Morgan fingerprint density at radius 1 is 1.44 bits per heavy atom. The summed E-state index contributed by atoms with van der Waals surface area (Å²) in [5.41, 5.74) is 1.86. The lowest BCUT2D eigenvalue weighted by atomic mass is 10.1. The maximum Gasteiger partial charge on any atom is 0.127 e. The first-order chi connectivity index (χ1) is 8.46. The molecule has 4 heteroatoms. The van der Waals surface area contributed by atoms with Crippen LogP contribution in [-0.2, 0) is 13.0 Å². The first kappa shape index (κ1) is 13.8. The van der Waals surface area contributed by atoms with Crippen LogP contribution in [0.2, 0.25) is 0 Å². The van der Waals surface area contributed by atoms with Crippen molar-refractivity contribution in [2.75, 3.05) is 13.2 Å². The summed E-state index contributed by atoms with van der Waals surface area (Å²) in [7, 11) is 0. The van der Waals surface area contributed by atoms with E-state index < -0.39 is 5.60 Å². The van der Waals surface area contributed by atoms with E-state index in [1.807, 2.05) is 13.8 Å². The summed E-state index contributed by atoms with van der Waals surface area (Å²) in [6.45, 7) is 6.01. The van der Waals surface area contributed by atoms with Crippen LogP contribution in [0.25, 0.3) is 0 Å². The highest BCUT2D eigenvalue weighted by molar-refractivity contribution is 9.10. The van der Waals surface area contributed by atoms with Crippen molar-refractivity contribution in [3.63, 3.8) is 0 Å². The molecule has 0 aliphatic carbocycles. The largest absolute Gasteiger partial charge is 0.493 e. The minimum atomic E-state index is -0.608. The van der Waals surface area contributed by atoms with Crippen LogP contribution in [0.3, 0.4) is 0 Å². The smallest absolute Gasteiger partial charge is 0.127 e. The Balaban J connectivity index is 1.94. The van der Waals surface area contributed by atoms with Gasteiger partial charge in [0.05, 0.1) is 12.2 Å². The van der Waals surface area contributed by atoms with E-state index in [4.69, 9.17) is 4.74 Å². The fraction of sp³-hybridized carbons (Fsp3) is 0.571. The number of halogens is 1. The van der Waals surface area contributed by atoms with Crippen molar-refractivity contribution in [2.24, 2.45) is 0 Å². The molecule has 18 heavy (non-hydrogen) atoms. The molecule has 0 saturated carbocycles. The SMILES string of the molecule is CC(C)(O)CCNCc1cc(Br)cc2c1OCC2. The molecule has 1 aromatic rings. The Hall–Kier alpha value is -0.580. The van der Waals surface area contributed by atoms with Crippen LogP contribution in [-0.4, -0.2) is 23.9 Å². The molecule has 0 unspecified atom stereocenters. The van der Waals surface area contributed by atoms with Crippen LogP contribution in [0.4, 0.5) is 0 Å². The molecular weight excluding hydrogens is 294 g/mol. The molecule has 0 radical (unpaired) electrons. The summed E-state index contributed by atoms with van der Waals surface area (Å²) in [6, 6.07) is 4.23. The molecule has 0 fully saturated rings. The van der Waals surface area contributed by atoms with E-state index in [9.17, 15) is 5.11 Å². The third kappa shape index (κ3) is 3.70. The summed E-state index contributed by atoms with van der Waals surface area (Å²) in [4.78, 5) is 0. The van der Waals surface area contributed by atoms with Crippen LogP contribution in [0, 0.1) is 0 Å². The number of hydrogen-bond acceptors (Lipinski definition) is 3. The second-order valence-electron chi connectivity index (χ2n) is 5.39. The highest BCUT2D eigenvalue weighted by atomic mass is 79.9. The third-order valence-corrected chi connectivity index (χ3v) is 3.51. The lowest BCUT2D eigenvalue weighted by molar-refractivity contribution is 0.0711. The molecule has 0 amide bonds. The molecule has 2 rings (SSSR count). The fourth-order valence-corrected chi connectivity index (χ4v) is 2.65. The number of fused-ring (bicyclic) bond motifs is 1. The Kier molecular flexibility index (Phi) is 4.30. The minimum Gasteiger partial charge on any atom is -0.493 e. The quantitative estimate of drug-likeness (QED) is 0.821. The van der Waals surface area contributed by atoms with E-state index in [0.29, 0.717) is 0 Å². The number of rotatable bonds is 5. The van der Waals surface area contributed by atoms with Crippen LogP contribution in [0.5, 0.6) is 5.75 Å². The van der Waals surface area contributed by atoms with Crippen LogP contribution >= 0.6 is 15.9 Å². The Morgan fingerprint density at radius 3 is 2.94 bits per heavy atom. The van der Waals surface area contributed by atoms with Gasteiger partial charge in [-0.25, -0.2) is 0 Å². The fourth-order valence-electron chi connectivity index (χ4n) is 2.09. The number of aliphatic hydroxyl groups is 1. The van der Waals surface area contributed by atoms with Crippen LogP contribution < -0.4 is 10.1 Å². The molecule has 100 valence electrons. The van der Waals surface area contributed by atoms with E-state index in [1.54, 1.807) is 0 Å². The Bertz CT molecular complexity index is 427. The summed E-state index contributed by atoms with van der Waals surface area (Å²) < 4.78 is 6.78. The van der Waals surface area contributed by atoms with Crippen LogP contribution in [0.1, 0.15) is 31.4 Å². The average Bonchev–Trinajstić information content (AvgIpc) is 2.70. The predicted octanol–water partition coefficient (Wildman–Crippen LogP) is 2.63. The van der Waals surface area contributed by atoms with Gasteiger partial charge in [-0.1, -0.05) is 15.9 Å². The van der Waals surface area contributed by atoms with Crippen molar-refractivity contribution in [1.82, 2.24) is 5.32 Å². The first-order valence-electron chi connectivity index (χ1n) is 6.33. The molecule has 0 saturated heterocycles. The number of hydrogen-bond donors (Lipinski definition) is 2. The number of ether oxygens (including phenoxy) is 1. The van der Waals surface area contributed by atoms with Gasteiger partial charge in [0, 0.05) is 23.0 Å². The summed E-state index contributed by atoms with van der Waals surface area (Å²) >= 11 is 3.53. The van der Waals surface area contributed by atoms with Crippen LogP contribution in [0.15, 0.2) is 16.6 Å². The Labute approximate surface area is 117 Å². The van der Waals surface area contributed by atoms with Crippen molar-refractivity contribution in [3.8, 4) is 5.75 Å². The van der Waals surface area contributed by atoms with Gasteiger partial charge in [0.1, 0.15) is 5.75 Å². The lowest BCUT2D eigenvalue weighted by Crippen LogP contribution is -2.26. The molecular formula is C14H20BrNO2. The van der Waals surface area contributed by atoms with E-state index in [2.05, 4.69) is 33.4 Å². The Morgan fingerprint density at radius 2 is 2.22 bits per heavy atom. The number of benzene rings is 1. The highest BCUT2D eigenvalue weighted by Gasteiger charge is 2.17. The highest BCUT2D eigenvalue weighted by Crippen LogP contribution is 2.32. The van der Waals surface area contributed by atoms with E-state index >= 15 is 0 Å². The van der Waals surface area contributed by atoms with Crippen molar-refractivity contribution in [3.05, 3.63) is 27.7 Å². The topological polar surface area (TPSA) is 41.5 Å². The summed E-state index contributed by atoms with van der Waals surface area (Å²) in [5, 5.41) is 13.0. The predicted molar refractivity (Wildman–Crippen MR) is 76.0 cm³/mol. The molecule has 1 aliphatic heterocycles. The monoisotopic (exact) mass is 313 g/mol. The second kappa shape index (κ2) is 5.59. The zero-order valence-corrected chi connectivity index (χ0v) is 12.5. The molecule has 1 aromatic carbocycles. The molecule has 3 nitrogen and oxygen atoms in total. The van der Waals surface area contributed by atoms with Gasteiger partial charge >= 0.3 is 0 Å². The molecule has 0 bridgehead atoms. The maximum atomic E-state index is 9.64. The lowest BCUT2D eigenvalue weighted by Gasteiger charge is -2.17. The van der Waals surface area contributed by atoms with Crippen molar-refractivity contribution in [1.29, 1.82) is 0 Å². The standard InChI is InChI=1S/C14H20BrNO2/c1-14(2,17)4-5-16-9-11-8-12(15)7-10-3-6-18-13(10)11/h7-8,16-17H,3-6,9H2,1-2H3. The summed E-state index contributed by atoms with van der Waals surface area (Å²) in [6.07, 6.45) is 1.73. The molecule has 0 atom stereocenters. The zero-order chi connectivity index (χ0) is 13.2.